The van der Waals surface area contributed by atoms with Gasteiger partial charge in [0, 0.05) is 11.6 Å². The molecule has 0 saturated carbocycles. The highest BCUT2D eigenvalue weighted by atomic mass is 79.9. The highest BCUT2D eigenvalue weighted by Crippen LogP contribution is 2.26. The summed E-state index contributed by atoms with van der Waals surface area (Å²) in [6.45, 7) is 0.145. The fraction of sp³-hybridized carbons (Fsp3) is 0.133. The predicted octanol–water partition coefficient (Wildman–Crippen LogP) is 3.99. The first kappa shape index (κ1) is 14.5. The van der Waals surface area contributed by atoms with Crippen LogP contribution in [0.3, 0.4) is 0 Å². The normalized spacial score (nSPS) is 10.2. The summed E-state index contributed by atoms with van der Waals surface area (Å²) in [5, 5.41) is 0. The van der Waals surface area contributed by atoms with Crippen LogP contribution in [0.15, 0.2) is 40.9 Å². The molecule has 0 aliphatic carbocycles. The van der Waals surface area contributed by atoms with Gasteiger partial charge in [-0.15, -0.1) is 0 Å². The van der Waals surface area contributed by atoms with Gasteiger partial charge in [0.15, 0.2) is 6.29 Å². The first-order valence-corrected chi connectivity index (χ1v) is 6.64. The number of hydrogen-bond acceptors (Lipinski definition) is 3. The van der Waals surface area contributed by atoms with E-state index in [1.807, 2.05) is 0 Å². The molecule has 0 aliphatic heterocycles. The van der Waals surface area contributed by atoms with Crippen LogP contribution in [0.25, 0.3) is 0 Å². The highest BCUT2D eigenvalue weighted by Gasteiger charge is 2.09. The number of carbonyl (C=O) groups excluding carboxylic acids is 1. The number of methoxy groups -OCH3 is 1. The third-order valence-corrected chi connectivity index (χ3v) is 3.65. The molecule has 0 spiro atoms. The minimum atomic E-state index is -0.354. The Bertz CT molecular complexity index is 629. The van der Waals surface area contributed by atoms with Gasteiger partial charge in [-0.05, 0) is 34.1 Å². The fourth-order valence-electron chi connectivity index (χ4n) is 1.68. The van der Waals surface area contributed by atoms with Crippen molar-refractivity contribution >= 4 is 22.2 Å². The number of benzene rings is 2. The Morgan fingerprint density at radius 1 is 1.30 bits per heavy atom. The second-order valence-corrected chi connectivity index (χ2v) is 4.82. The van der Waals surface area contributed by atoms with Gasteiger partial charge >= 0.3 is 0 Å². The zero-order chi connectivity index (χ0) is 14.5. The molecule has 2 aromatic rings. The Morgan fingerprint density at radius 3 is 2.80 bits per heavy atom. The molecule has 3 nitrogen and oxygen atoms in total. The first-order chi connectivity index (χ1) is 9.65. The molecule has 2 rings (SSSR count). The lowest BCUT2D eigenvalue weighted by Crippen LogP contribution is -2.00. The lowest BCUT2D eigenvalue weighted by atomic mass is 10.2. The maximum absolute atomic E-state index is 13.4. The predicted molar refractivity (Wildman–Crippen MR) is 76.8 cm³/mol. The summed E-state index contributed by atoms with van der Waals surface area (Å²) in [7, 11) is 1.53. The molecular weight excluding hydrogens is 327 g/mol. The van der Waals surface area contributed by atoms with Gasteiger partial charge in [-0.3, -0.25) is 4.79 Å². The van der Waals surface area contributed by atoms with Gasteiger partial charge < -0.3 is 9.47 Å². The lowest BCUT2D eigenvalue weighted by molar-refractivity contribution is 0.111. The Kier molecular flexibility index (Phi) is 4.74. The number of rotatable bonds is 5. The van der Waals surface area contributed by atoms with E-state index in [-0.39, 0.29) is 12.4 Å². The Labute approximate surface area is 124 Å². The van der Waals surface area contributed by atoms with E-state index in [0.29, 0.717) is 33.4 Å². The summed E-state index contributed by atoms with van der Waals surface area (Å²) >= 11 is 3.17. The van der Waals surface area contributed by atoms with Crippen LogP contribution in [-0.2, 0) is 6.61 Å². The van der Waals surface area contributed by atoms with Crippen molar-refractivity contribution in [2.24, 2.45) is 0 Å². The van der Waals surface area contributed by atoms with E-state index in [4.69, 9.17) is 9.47 Å². The van der Waals surface area contributed by atoms with Crippen LogP contribution in [-0.4, -0.2) is 13.4 Å². The molecule has 5 heteroatoms. The number of carbonyl (C=O) groups is 1. The minimum Gasteiger partial charge on any atom is -0.497 e. The largest absolute Gasteiger partial charge is 0.497 e. The maximum atomic E-state index is 13.4. The number of aldehydes is 1. The van der Waals surface area contributed by atoms with Crippen LogP contribution in [0.4, 0.5) is 4.39 Å². The van der Waals surface area contributed by atoms with E-state index in [9.17, 15) is 9.18 Å². The summed E-state index contributed by atoms with van der Waals surface area (Å²) in [5.74, 6) is 0.631. The molecule has 0 heterocycles. The molecular formula is C15H12BrFO3. The SMILES string of the molecule is COc1ccc(C=O)c(OCc2cccc(F)c2Br)c1. The zero-order valence-electron chi connectivity index (χ0n) is 10.7. The average Bonchev–Trinajstić information content (AvgIpc) is 2.48. The summed E-state index contributed by atoms with van der Waals surface area (Å²) in [4.78, 5) is 11.0. The number of hydrogen-bond donors (Lipinski definition) is 0. The van der Waals surface area contributed by atoms with Crippen molar-refractivity contribution in [3.05, 3.63) is 57.8 Å². The van der Waals surface area contributed by atoms with E-state index in [1.54, 1.807) is 30.3 Å². The second kappa shape index (κ2) is 6.52. The molecule has 0 radical (unpaired) electrons. The molecule has 0 atom stereocenters. The van der Waals surface area contributed by atoms with Crippen LogP contribution in [0.5, 0.6) is 11.5 Å². The average molecular weight is 339 g/mol. The minimum absolute atomic E-state index is 0.145. The highest BCUT2D eigenvalue weighted by molar-refractivity contribution is 9.10. The van der Waals surface area contributed by atoms with Gasteiger partial charge in [0.05, 0.1) is 17.1 Å². The van der Waals surface area contributed by atoms with Crippen molar-refractivity contribution in [1.82, 2.24) is 0 Å². The van der Waals surface area contributed by atoms with Crippen LogP contribution >= 0.6 is 15.9 Å². The Hall–Kier alpha value is -1.88. The van der Waals surface area contributed by atoms with E-state index in [0.717, 1.165) is 0 Å². The number of halogens is 2. The maximum Gasteiger partial charge on any atom is 0.153 e. The van der Waals surface area contributed by atoms with Gasteiger partial charge in [-0.25, -0.2) is 4.39 Å². The van der Waals surface area contributed by atoms with Crippen molar-refractivity contribution in [3.63, 3.8) is 0 Å². The van der Waals surface area contributed by atoms with Gasteiger partial charge in [0.1, 0.15) is 23.9 Å². The molecule has 2 aromatic carbocycles. The van der Waals surface area contributed by atoms with Crippen LogP contribution in [0.2, 0.25) is 0 Å². The topological polar surface area (TPSA) is 35.5 Å². The summed E-state index contributed by atoms with van der Waals surface area (Å²) in [6.07, 6.45) is 0.704. The van der Waals surface area contributed by atoms with E-state index in [1.165, 1.54) is 13.2 Å². The molecule has 0 saturated heterocycles. The molecule has 104 valence electrons. The summed E-state index contributed by atoms with van der Waals surface area (Å²) in [5.41, 5.74) is 1.07. The molecule has 0 aromatic heterocycles. The molecule has 0 amide bonds. The standard InChI is InChI=1S/C15H12BrFO3/c1-19-12-6-5-10(8-18)14(7-12)20-9-11-3-2-4-13(17)15(11)16/h2-8H,9H2,1H3. The molecule has 0 aliphatic rings. The summed E-state index contributed by atoms with van der Waals surface area (Å²) < 4.78 is 24.4. The Morgan fingerprint density at radius 2 is 2.10 bits per heavy atom. The molecule has 0 unspecified atom stereocenters. The zero-order valence-corrected chi connectivity index (χ0v) is 12.3. The lowest BCUT2D eigenvalue weighted by Gasteiger charge is -2.11. The fourth-order valence-corrected chi connectivity index (χ4v) is 2.06. The van der Waals surface area contributed by atoms with Crippen LogP contribution in [0, 0.1) is 5.82 Å². The van der Waals surface area contributed by atoms with Crippen molar-refractivity contribution in [2.45, 2.75) is 6.61 Å². The van der Waals surface area contributed by atoms with Crippen LogP contribution in [0.1, 0.15) is 15.9 Å². The molecule has 20 heavy (non-hydrogen) atoms. The quantitative estimate of drug-likeness (QED) is 0.773. The van der Waals surface area contributed by atoms with E-state index < -0.39 is 0 Å². The third-order valence-electron chi connectivity index (χ3n) is 2.76. The van der Waals surface area contributed by atoms with E-state index in [2.05, 4.69) is 15.9 Å². The van der Waals surface area contributed by atoms with Gasteiger partial charge in [-0.2, -0.15) is 0 Å². The molecule has 0 N–H and O–H groups in total. The second-order valence-electron chi connectivity index (χ2n) is 4.02. The van der Waals surface area contributed by atoms with Gasteiger partial charge in [-0.1, -0.05) is 12.1 Å². The van der Waals surface area contributed by atoms with Crippen molar-refractivity contribution < 1.29 is 18.7 Å². The molecule has 0 fully saturated rings. The van der Waals surface area contributed by atoms with Crippen molar-refractivity contribution in [3.8, 4) is 11.5 Å². The van der Waals surface area contributed by atoms with Gasteiger partial charge in [0.25, 0.3) is 0 Å². The van der Waals surface area contributed by atoms with Crippen molar-refractivity contribution in [1.29, 1.82) is 0 Å². The monoisotopic (exact) mass is 338 g/mol. The smallest absolute Gasteiger partial charge is 0.153 e. The summed E-state index contributed by atoms with van der Waals surface area (Å²) in [6, 6.07) is 9.61. The van der Waals surface area contributed by atoms with Crippen LogP contribution < -0.4 is 9.47 Å². The van der Waals surface area contributed by atoms with Crippen molar-refractivity contribution in [2.75, 3.05) is 7.11 Å². The van der Waals surface area contributed by atoms with E-state index >= 15 is 0 Å². The molecule has 0 bridgehead atoms. The number of ether oxygens (including phenoxy) is 2. The van der Waals surface area contributed by atoms with Gasteiger partial charge in [0.2, 0.25) is 0 Å². The first-order valence-electron chi connectivity index (χ1n) is 5.84. The third kappa shape index (κ3) is 3.17. The Balaban J connectivity index is 2.21.